The Morgan fingerprint density at radius 1 is 1.30 bits per heavy atom. The van der Waals surface area contributed by atoms with Gasteiger partial charge < -0.3 is 24.4 Å². The predicted octanol–water partition coefficient (Wildman–Crippen LogP) is 4.45. The molecule has 0 spiro atoms. The standard InChI is InChI=1S/C25H28F3N3O5S/c1-14(2)36-23(33)20-21(17-8-4-5-9-18(17)34-3)31-15(11-19(32)29-12-16-7-6-10-35-16)13-37-24(31)30-22(20)25(26,27)28/h4-5,8-9,13-14,16,21H,6-7,10-12H2,1-3H3,(H,29,32)/t16-,21+/m1/s1. The highest BCUT2D eigenvalue weighted by Crippen LogP contribution is 2.49. The number of hydrogen-bond donors (Lipinski definition) is 1. The third-order valence-corrected chi connectivity index (χ3v) is 6.86. The van der Waals surface area contributed by atoms with Crippen molar-refractivity contribution in [2.45, 2.75) is 57.5 Å². The van der Waals surface area contributed by atoms with Crippen LogP contribution in [0.15, 0.2) is 51.6 Å². The Morgan fingerprint density at radius 2 is 2.05 bits per heavy atom. The van der Waals surface area contributed by atoms with Crippen molar-refractivity contribution in [3.63, 3.8) is 0 Å². The van der Waals surface area contributed by atoms with E-state index in [0.717, 1.165) is 24.6 Å². The number of amidine groups is 1. The zero-order valence-electron chi connectivity index (χ0n) is 20.6. The molecule has 0 saturated carbocycles. The Kier molecular flexibility index (Phi) is 8.17. The van der Waals surface area contributed by atoms with E-state index in [0.29, 0.717) is 24.4 Å². The molecule has 3 heterocycles. The number of aliphatic imine (C=N–C) groups is 1. The number of amides is 1. The predicted molar refractivity (Wildman–Crippen MR) is 132 cm³/mol. The number of thioether (sulfide) groups is 1. The molecule has 1 N–H and O–H groups in total. The number of esters is 1. The summed E-state index contributed by atoms with van der Waals surface area (Å²) in [5.41, 5.74) is -1.28. The van der Waals surface area contributed by atoms with Crippen molar-refractivity contribution in [1.29, 1.82) is 0 Å². The maximum atomic E-state index is 14.2. The SMILES string of the molecule is COc1ccccc1[C@H]1C(C(=O)OC(C)C)=C(C(F)(F)F)N=C2SC=C(CC(=O)NC[C@H]3CCCO3)N21. The van der Waals surface area contributed by atoms with E-state index in [2.05, 4.69) is 10.3 Å². The highest BCUT2D eigenvalue weighted by atomic mass is 32.2. The molecule has 0 unspecified atom stereocenters. The van der Waals surface area contributed by atoms with E-state index >= 15 is 0 Å². The second-order valence-electron chi connectivity index (χ2n) is 8.97. The van der Waals surface area contributed by atoms with E-state index in [1.807, 2.05) is 0 Å². The van der Waals surface area contributed by atoms with Crippen molar-refractivity contribution < 1.29 is 37.0 Å². The van der Waals surface area contributed by atoms with Crippen molar-refractivity contribution >= 4 is 28.8 Å². The van der Waals surface area contributed by atoms with Gasteiger partial charge in [0.2, 0.25) is 5.91 Å². The van der Waals surface area contributed by atoms with Crippen LogP contribution in [0.4, 0.5) is 13.2 Å². The average Bonchev–Trinajstić information content (AvgIpc) is 3.51. The van der Waals surface area contributed by atoms with Crippen molar-refractivity contribution in [3.05, 3.63) is 52.2 Å². The number of ether oxygens (including phenoxy) is 3. The Balaban J connectivity index is 1.74. The number of rotatable bonds is 8. The number of benzene rings is 1. The lowest BCUT2D eigenvalue weighted by atomic mass is 9.92. The zero-order chi connectivity index (χ0) is 26.7. The van der Waals surface area contributed by atoms with Crippen molar-refractivity contribution in [3.8, 4) is 5.75 Å². The number of nitrogens with zero attached hydrogens (tertiary/aromatic N) is 2. The summed E-state index contributed by atoms with van der Waals surface area (Å²) in [6, 6.07) is 5.22. The van der Waals surface area contributed by atoms with Crippen LogP contribution in [0.2, 0.25) is 0 Å². The molecule has 1 aromatic rings. The zero-order valence-corrected chi connectivity index (χ0v) is 21.4. The summed E-state index contributed by atoms with van der Waals surface area (Å²) in [5, 5.41) is 4.42. The van der Waals surface area contributed by atoms with Crippen LogP contribution in [0.25, 0.3) is 0 Å². The first-order chi connectivity index (χ1) is 17.6. The summed E-state index contributed by atoms with van der Waals surface area (Å²) in [5.74, 6) is -1.18. The first kappa shape index (κ1) is 27.1. The molecule has 1 saturated heterocycles. The topological polar surface area (TPSA) is 89.5 Å². The smallest absolute Gasteiger partial charge is 0.434 e. The molecule has 0 bridgehead atoms. The van der Waals surface area contributed by atoms with Crippen LogP contribution >= 0.6 is 11.8 Å². The molecule has 1 amide bonds. The fourth-order valence-corrected chi connectivity index (χ4v) is 5.32. The third kappa shape index (κ3) is 5.96. The largest absolute Gasteiger partial charge is 0.496 e. The molecule has 0 aliphatic carbocycles. The Hall–Kier alpha value is -2.99. The molecule has 3 aliphatic rings. The summed E-state index contributed by atoms with van der Waals surface area (Å²) < 4.78 is 59.0. The van der Waals surface area contributed by atoms with Gasteiger partial charge in [0.1, 0.15) is 5.75 Å². The summed E-state index contributed by atoms with van der Waals surface area (Å²) in [4.78, 5) is 31.3. The van der Waals surface area contributed by atoms with E-state index in [1.165, 1.54) is 12.0 Å². The third-order valence-electron chi connectivity index (χ3n) is 5.97. The van der Waals surface area contributed by atoms with Crippen LogP contribution in [-0.4, -0.2) is 60.6 Å². The van der Waals surface area contributed by atoms with Crippen LogP contribution in [-0.2, 0) is 19.1 Å². The average molecular weight is 540 g/mol. The molecule has 0 radical (unpaired) electrons. The molecule has 200 valence electrons. The normalized spacial score (nSPS) is 21.5. The minimum absolute atomic E-state index is 0.00579. The minimum Gasteiger partial charge on any atom is -0.496 e. The van der Waals surface area contributed by atoms with Crippen molar-refractivity contribution in [2.24, 2.45) is 4.99 Å². The highest BCUT2D eigenvalue weighted by molar-refractivity contribution is 8.16. The van der Waals surface area contributed by atoms with Gasteiger partial charge >= 0.3 is 12.1 Å². The van der Waals surface area contributed by atoms with Gasteiger partial charge in [-0.25, -0.2) is 9.79 Å². The number of alkyl halides is 3. The van der Waals surface area contributed by atoms with Gasteiger partial charge in [0.05, 0.1) is 37.4 Å². The van der Waals surface area contributed by atoms with Crippen LogP contribution in [0.1, 0.15) is 44.7 Å². The van der Waals surface area contributed by atoms with Gasteiger partial charge in [-0.2, -0.15) is 13.2 Å². The molecular weight excluding hydrogens is 511 g/mol. The van der Waals surface area contributed by atoms with Gasteiger partial charge in [0.15, 0.2) is 10.9 Å². The second-order valence-corrected chi connectivity index (χ2v) is 9.80. The Bertz CT molecular complexity index is 1140. The number of allylic oxidation sites excluding steroid dienone is 1. The summed E-state index contributed by atoms with van der Waals surface area (Å²) in [6.07, 6.45) is -3.99. The lowest BCUT2D eigenvalue weighted by Crippen LogP contribution is -2.41. The Morgan fingerprint density at radius 3 is 2.70 bits per heavy atom. The van der Waals surface area contributed by atoms with Crippen LogP contribution < -0.4 is 10.1 Å². The van der Waals surface area contributed by atoms with E-state index < -0.39 is 35.6 Å². The number of hydrogen-bond acceptors (Lipinski definition) is 8. The van der Waals surface area contributed by atoms with Gasteiger partial charge in [-0.1, -0.05) is 30.0 Å². The summed E-state index contributed by atoms with van der Waals surface area (Å²) in [6.45, 7) is 4.10. The van der Waals surface area contributed by atoms with Crippen LogP contribution in [0.3, 0.4) is 0 Å². The lowest BCUT2D eigenvalue weighted by molar-refractivity contribution is -0.145. The second kappa shape index (κ2) is 11.2. The Labute approximate surface area is 216 Å². The first-order valence-electron chi connectivity index (χ1n) is 11.9. The highest BCUT2D eigenvalue weighted by Gasteiger charge is 2.50. The van der Waals surface area contributed by atoms with E-state index in [1.54, 1.807) is 43.5 Å². The first-order valence-corrected chi connectivity index (χ1v) is 12.7. The van der Waals surface area contributed by atoms with Crippen LogP contribution in [0.5, 0.6) is 5.75 Å². The van der Waals surface area contributed by atoms with Crippen molar-refractivity contribution in [2.75, 3.05) is 20.3 Å². The van der Waals surface area contributed by atoms with E-state index in [9.17, 15) is 22.8 Å². The van der Waals surface area contributed by atoms with E-state index in [-0.39, 0.29) is 29.3 Å². The molecule has 0 aromatic heterocycles. The van der Waals surface area contributed by atoms with Gasteiger partial charge in [0, 0.05) is 24.4 Å². The molecular formula is C25H28F3N3O5S. The van der Waals surface area contributed by atoms with Gasteiger partial charge in [0.25, 0.3) is 0 Å². The number of fused-ring (bicyclic) bond motifs is 1. The van der Waals surface area contributed by atoms with Gasteiger partial charge in [-0.15, -0.1) is 0 Å². The molecule has 3 aliphatic heterocycles. The van der Waals surface area contributed by atoms with Gasteiger partial charge in [-0.3, -0.25) is 4.79 Å². The molecule has 2 atom stereocenters. The number of carbonyl (C=O) groups is 2. The molecule has 12 heteroatoms. The maximum absolute atomic E-state index is 14.2. The number of carbonyl (C=O) groups excluding carboxylic acids is 2. The van der Waals surface area contributed by atoms with E-state index in [4.69, 9.17) is 14.2 Å². The number of methoxy groups -OCH3 is 1. The minimum atomic E-state index is -4.92. The molecule has 4 rings (SSSR count). The quantitative estimate of drug-likeness (QED) is 0.489. The molecule has 1 aromatic carbocycles. The fraction of sp³-hybridized carbons (Fsp3) is 0.480. The number of para-hydroxylation sites is 1. The maximum Gasteiger partial charge on any atom is 0.434 e. The van der Waals surface area contributed by atoms with Crippen LogP contribution in [0, 0.1) is 0 Å². The lowest BCUT2D eigenvalue weighted by Gasteiger charge is -2.37. The number of halogens is 3. The molecule has 37 heavy (non-hydrogen) atoms. The summed E-state index contributed by atoms with van der Waals surface area (Å²) >= 11 is 0.961. The number of nitrogens with one attached hydrogen (secondary N) is 1. The summed E-state index contributed by atoms with van der Waals surface area (Å²) in [7, 11) is 1.39. The molecule has 8 nitrogen and oxygen atoms in total. The fourth-order valence-electron chi connectivity index (χ4n) is 4.40. The monoisotopic (exact) mass is 539 g/mol. The van der Waals surface area contributed by atoms with Crippen molar-refractivity contribution in [1.82, 2.24) is 10.2 Å². The molecule has 1 fully saturated rings. The van der Waals surface area contributed by atoms with Gasteiger partial charge in [-0.05, 0) is 38.2 Å².